The Hall–Kier alpha value is -3.25. The van der Waals surface area contributed by atoms with Gasteiger partial charge in [-0.2, -0.15) is 5.10 Å². The van der Waals surface area contributed by atoms with Gasteiger partial charge in [0.15, 0.2) is 0 Å². The highest BCUT2D eigenvalue weighted by atomic mass is 19.1. The zero-order chi connectivity index (χ0) is 22.4. The number of hydrogen-bond acceptors (Lipinski definition) is 3. The van der Waals surface area contributed by atoms with Crippen molar-refractivity contribution in [1.82, 2.24) is 14.7 Å². The lowest BCUT2D eigenvalue weighted by molar-refractivity contribution is 0.223. The van der Waals surface area contributed by atoms with E-state index >= 15 is 0 Å². The van der Waals surface area contributed by atoms with Crippen LogP contribution in [0.3, 0.4) is 0 Å². The molecule has 0 radical (unpaired) electrons. The maximum atomic E-state index is 13.8. The number of benzene rings is 2. The molecule has 2 aromatic carbocycles. The monoisotopic (exact) mass is 423 g/mol. The number of aromatic hydroxyl groups is 1. The number of allylic oxidation sites excluding steroid dienone is 2. The van der Waals surface area contributed by atoms with Gasteiger partial charge in [-0.1, -0.05) is 44.2 Å². The zero-order valence-electron chi connectivity index (χ0n) is 17.8. The fourth-order valence-electron chi connectivity index (χ4n) is 3.64. The molecule has 0 aliphatic heterocycles. The molecule has 162 valence electrons. The summed E-state index contributed by atoms with van der Waals surface area (Å²) in [6, 6.07) is 10.5. The summed E-state index contributed by atoms with van der Waals surface area (Å²) in [7, 11) is 2.04. The molecule has 1 atom stereocenters. The molecule has 1 heterocycles. The third kappa shape index (κ3) is 5.67. The highest BCUT2D eigenvalue weighted by molar-refractivity contribution is 5.52. The predicted molar refractivity (Wildman–Crippen MR) is 120 cm³/mol. The first-order chi connectivity index (χ1) is 14.9. The molecule has 4 nitrogen and oxygen atoms in total. The van der Waals surface area contributed by atoms with Crippen LogP contribution < -0.4 is 0 Å². The van der Waals surface area contributed by atoms with E-state index in [1.165, 1.54) is 16.8 Å². The minimum atomic E-state index is -0.648. The highest BCUT2D eigenvalue weighted by Gasteiger charge is 2.22. The number of phenols is 1. The van der Waals surface area contributed by atoms with Crippen LogP contribution in [0.5, 0.6) is 5.75 Å². The topological polar surface area (TPSA) is 41.3 Å². The van der Waals surface area contributed by atoms with Crippen molar-refractivity contribution in [1.29, 1.82) is 0 Å². The molecule has 0 spiro atoms. The molecule has 0 aliphatic carbocycles. The van der Waals surface area contributed by atoms with Gasteiger partial charge >= 0.3 is 0 Å². The molecule has 1 N–H and O–H groups in total. The van der Waals surface area contributed by atoms with Gasteiger partial charge in [-0.05, 0) is 49.4 Å². The summed E-state index contributed by atoms with van der Waals surface area (Å²) in [6.07, 6.45) is 8.99. The van der Waals surface area contributed by atoms with Crippen LogP contribution in [0.25, 0.3) is 11.8 Å². The molecule has 3 rings (SSSR count). The lowest BCUT2D eigenvalue weighted by Crippen LogP contribution is -2.24. The van der Waals surface area contributed by atoms with Crippen molar-refractivity contribution in [2.75, 3.05) is 7.05 Å². The van der Waals surface area contributed by atoms with Gasteiger partial charge in [-0.25, -0.2) is 13.5 Å². The third-order valence-electron chi connectivity index (χ3n) is 5.10. The molecule has 0 fully saturated rings. The summed E-state index contributed by atoms with van der Waals surface area (Å²) in [6.45, 7) is 6.52. The van der Waals surface area contributed by atoms with Gasteiger partial charge < -0.3 is 5.11 Å². The Kier molecular flexibility index (Phi) is 7.36. The van der Waals surface area contributed by atoms with Crippen molar-refractivity contribution in [2.24, 2.45) is 0 Å². The Bertz CT molecular complexity index is 1040. The van der Waals surface area contributed by atoms with Crippen molar-refractivity contribution in [3.63, 3.8) is 0 Å². The Morgan fingerprint density at radius 2 is 1.84 bits per heavy atom. The summed E-state index contributed by atoms with van der Waals surface area (Å²) in [5, 5.41) is 14.1. The number of aromatic nitrogens is 2. The van der Waals surface area contributed by atoms with Crippen LogP contribution in [0.2, 0.25) is 0 Å². The third-order valence-corrected chi connectivity index (χ3v) is 5.10. The summed E-state index contributed by atoms with van der Waals surface area (Å²) >= 11 is 0. The SMILES string of the molecule is C=C/C=C/c1nn(-c2cc(F)cc(F)c2)cc1C(CCC)N(C)Cc1ccc(O)cc1. The van der Waals surface area contributed by atoms with Gasteiger partial charge in [-0.3, -0.25) is 4.90 Å². The Balaban J connectivity index is 2.00. The van der Waals surface area contributed by atoms with E-state index in [1.807, 2.05) is 31.5 Å². The highest BCUT2D eigenvalue weighted by Crippen LogP contribution is 2.30. The van der Waals surface area contributed by atoms with E-state index < -0.39 is 11.6 Å². The summed E-state index contributed by atoms with van der Waals surface area (Å²) < 4.78 is 29.1. The van der Waals surface area contributed by atoms with Gasteiger partial charge in [0, 0.05) is 30.4 Å². The normalized spacial score (nSPS) is 12.5. The molecule has 6 heteroatoms. The van der Waals surface area contributed by atoms with Crippen LogP contribution in [0, 0.1) is 11.6 Å². The first kappa shape index (κ1) is 22.4. The smallest absolute Gasteiger partial charge is 0.128 e. The second-order valence-corrected chi connectivity index (χ2v) is 7.52. The van der Waals surface area contributed by atoms with Crippen molar-refractivity contribution in [2.45, 2.75) is 32.4 Å². The number of hydrogen-bond donors (Lipinski definition) is 1. The Labute approximate surface area is 181 Å². The van der Waals surface area contributed by atoms with E-state index in [1.54, 1.807) is 24.3 Å². The van der Waals surface area contributed by atoms with E-state index in [4.69, 9.17) is 0 Å². The fraction of sp³-hybridized carbons (Fsp3) is 0.240. The zero-order valence-corrected chi connectivity index (χ0v) is 17.8. The van der Waals surface area contributed by atoms with Crippen molar-refractivity contribution < 1.29 is 13.9 Å². The van der Waals surface area contributed by atoms with Crippen molar-refractivity contribution >= 4 is 6.08 Å². The minimum Gasteiger partial charge on any atom is -0.508 e. The molecule has 31 heavy (non-hydrogen) atoms. The molecule has 0 bridgehead atoms. The van der Waals surface area contributed by atoms with Gasteiger partial charge in [0.2, 0.25) is 0 Å². The van der Waals surface area contributed by atoms with E-state index in [9.17, 15) is 13.9 Å². The van der Waals surface area contributed by atoms with Gasteiger partial charge in [-0.15, -0.1) is 0 Å². The number of phenolic OH excluding ortho intramolecular Hbond substituents is 1. The van der Waals surface area contributed by atoms with E-state index in [2.05, 4.69) is 23.5 Å². The Morgan fingerprint density at radius 1 is 1.16 bits per heavy atom. The quantitative estimate of drug-likeness (QED) is 0.427. The minimum absolute atomic E-state index is 0.0374. The maximum absolute atomic E-state index is 13.8. The average molecular weight is 424 g/mol. The number of halogens is 2. The molecule has 0 amide bonds. The van der Waals surface area contributed by atoms with E-state index in [0.29, 0.717) is 12.2 Å². The van der Waals surface area contributed by atoms with Crippen LogP contribution in [0.15, 0.2) is 67.4 Å². The molecule has 0 saturated carbocycles. The standard InChI is InChI=1S/C25H27F2N3O/c1-4-6-8-24-23(17-30(28-24)21-14-19(26)13-20(27)15-21)25(7-5-2)29(3)16-18-9-11-22(31)12-10-18/h4,6,8-15,17,25,31H,1,5,7,16H2,2-3H3/b8-6+. The van der Waals surface area contributed by atoms with Crippen LogP contribution in [-0.4, -0.2) is 26.8 Å². The van der Waals surface area contributed by atoms with E-state index in [-0.39, 0.29) is 11.8 Å². The van der Waals surface area contributed by atoms with Crippen molar-refractivity contribution in [3.8, 4) is 11.4 Å². The number of nitrogens with zero attached hydrogens (tertiary/aromatic N) is 3. The number of rotatable bonds is 9. The molecule has 3 aromatic rings. The summed E-state index contributed by atoms with van der Waals surface area (Å²) in [4.78, 5) is 2.22. The average Bonchev–Trinajstić information content (AvgIpc) is 3.15. The summed E-state index contributed by atoms with van der Waals surface area (Å²) in [5.41, 5.74) is 3.09. The molecule has 0 saturated heterocycles. The van der Waals surface area contributed by atoms with Crippen LogP contribution in [-0.2, 0) is 6.54 Å². The molecule has 1 aromatic heterocycles. The first-order valence-corrected chi connectivity index (χ1v) is 10.2. The van der Waals surface area contributed by atoms with Crippen molar-refractivity contribution in [3.05, 3.63) is 95.8 Å². The first-order valence-electron chi connectivity index (χ1n) is 10.2. The summed E-state index contributed by atoms with van der Waals surface area (Å²) in [5.74, 6) is -1.06. The molecule has 1 unspecified atom stereocenters. The van der Waals surface area contributed by atoms with Crippen LogP contribution in [0.4, 0.5) is 8.78 Å². The second-order valence-electron chi connectivity index (χ2n) is 7.52. The van der Waals surface area contributed by atoms with Crippen LogP contribution in [0.1, 0.15) is 42.6 Å². The van der Waals surface area contributed by atoms with Gasteiger partial charge in [0.1, 0.15) is 17.4 Å². The predicted octanol–water partition coefficient (Wildman–Crippen LogP) is 6.03. The van der Waals surface area contributed by atoms with E-state index in [0.717, 1.165) is 35.7 Å². The van der Waals surface area contributed by atoms with Gasteiger partial charge in [0.05, 0.1) is 11.4 Å². The van der Waals surface area contributed by atoms with Crippen LogP contribution >= 0.6 is 0 Å². The molecular weight excluding hydrogens is 396 g/mol. The lowest BCUT2D eigenvalue weighted by atomic mass is 10.0. The molecular formula is C25H27F2N3O. The second kappa shape index (κ2) is 10.2. The fourth-order valence-corrected chi connectivity index (χ4v) is 3.64. The van der Waals surface area contributed by atoms with Gasteiger partial charge in [0.25, 0.3) is 0 Å². The largest absolute Gasteiger partial charge is 0.508 e. The lowest BCUT2D eigenvalue weighted by Gasteiger charge is -2.28. The molecule has 0 aliphatic rings. The Morgan fingerprint density at radius 3 is 2.45 bits per heavy atom. The maximum Gasteiger partial charge on any atom is 0.128 e.